The molecule has 0 bridgehead atoms. The molecule has 5 nitrogen and oxygen atoms in total. The molecule has 0 fully saturated rings. The molecule has 74 valence electrons. The third kappa shape index (κ3) is 1.42. The van der Waals surface area contributed by atoms with E-state index in [1.165, 1.54) is 6.39 Å². The van der Waals surface area contributed by atoms with Crippen molar-refractivity contribution in [3.63, 3.8) is 0 Å². The Balaban J connectivity index is 2.21. The zero-order valence-electron chi connectivity index (χ0n) is 7.46. The molecule has 0 aliphatic carbocycles. The largest absolute Gasteiger partial charge is 0.443 e. The summed E-state index contributed by atoms with van der Waals surface area (Å²) in [5.41, 5.74) is 1.70. The second-order valence-electron chi connectivity index (χ2n) is 2.97. The van der Waals surface area contributed by atoms with Gasteiger partial charge in [0.2, 0.25) is 4.73 Å². The van der Waals surface area contributed by atoms with E-state index in [1.54, 1.807) is 10.7 Å². The summed E-state index contributed by atoms with van der Waals surface area (Å²) in [7, 11) is 0. The van der Waals surface area contributed by atoms with E-state index in [0.29, 0.717) is 10.5 Å². The minimum atomic E-state index is 0.567. The van der Waals surface area contributed by atoms with Gasteiger partial charge in [-0.2, -0.15) is 0 Å². The number of nitrogens with zero attached hydrogens (tertiary/aromatic N) is 4. The Kier molecular flexibility index (Phi) is 1.81. The molecular weight excluding hydrogens is 260 g/mol. The summed E-state index contributed by atoms with van der Waals surface area (Å²) in [5, 5.41) is 4.14. The number of oxazole rings is 1. The molecule has 6 heteroatoms. The SMILES string of the molecule is Brc1nc2ccc(-c3cnco3)cn2n1. The van der Waals surface area contributed by atoms with Crippen LogP contribution in [0.25, 0.3) is 17.0 Å². The Morgan fingerprint density at radius 3 is 3.07 bits per heavy atom. The lowest BCUT2D eigenvalue weighted by Gasteiger charge is -1.95. The maximum atomic E-state index is 5.19. The Morgan fingerprint density at radius 1 is 1.33 bits per heavy atom. The van der Waals surface area contributed by atoms with Gasteiger partial charge in [0, 0.05) is 11.8 Å². The third-order valence-corrected chi connectivity index (χ3v) is 2.36. The van der Waals surface area contributed by atoms with Crippen LogP contribution in [0.1, 0.15) is 0 Å². The van der Waals surface area contributed by atoms with Crippen LogP contribution in [-0.2, 0) is 0 Å². The number of halogens is 1. The molecule has 0 radical (unpaired) electrons. The number of fused-ring (bicyclic) bond motifs is 1. The first-order chi connectivity index (χ1) is 7.33. The zero-order chi connectivity index (χ0) is 10.3. The number of hydrogen-bond donors (Lipinski definition) is 0. The van der Waals surface area contributed by atoms with Gasteiger partial charge in [0.25, 0.3) is 0 Å². The first kappa shape index (κ1) is 8.60. The van der Waals surface area contributed by atoms with Gasteiger partial charge in [0.15, 0.2) is 17.8 Å². The molecule has 0 aliphatic heterocycles. The summed E-state index contributed by atoms with van der Waals surface area (Å²) in [6.45, 7) is 0. The smallest absolute Gasteiger partial charge is 0.218 e. The molecular formula is C9H5BrN4O. The number of aromatic nitrogens is 4. The fourth-order valence-electron chi connectivity index (χ4n) is 1.36. The Labute approximate surface area is 92.9 Å². The van der Waals surface area contributed by atoms with E-state index in [4.69, 9.17) is 4.42 Å². The van der Waals surface area contributed by atoms with Crippen molar-refractivity contribution in [3.8, 4) is 11.3 Å². The van der Waals surface area contributed by atoms with Crippen LogP contribution in [-0.4, -0.2) is 19.6 Å². The first-order valence-corrected chi connectivity index (χ1v) is 5.03. The number of rotatable bonds is 1. The van der Waals surface area contributed by atoms with Crippen molar-refractivity contribution in [2.75, 3.05) is 0 Å². The fraction of sp³-hybridized carbons (Fsp3) is 0. The Hall–Kier alpha value is -1.69. The molecule has 15 heavy (non-hydrogen) atoms. The Bertz CT molecular complexity index is 602. The predicted octanol–water partition coefficient (Wildman–Crippen LogP) is 2.15. The van der Waals surface area contributed by atoms with E-state index < -0.39 is 0 Å². The molecule has 0 unspecified atom stereocenters. The highest BCUT2D eigenvalue weighted by atomic mass is 79.9. The molecule has 3 heterocycles. The lowest BCUT2D eigenvalue weighted by Crippen LogP contribution is -1.87. The van der Waals surface area contributed by atoms with Gasteiger partial charge in [-0.3, -0.25) is 0 Å². The minimum Gasteiger partial charge on any atom is -0.443 e. The van der Waals surface area contributed by atoms with Gasteiger partial charge in [0.1, 0.15) is 0 Å². The van der Waals surface area contributed by atoms with Crippen LogP contribution in [0.15, 0.2) is 40.1 Å². The predicted molar refractivity (Wildman–Crippen MR) is 56.2 cm³/mol. The van der Waals surface area contributed by atoms with Crippen molar-refractivity contribution < 1.29 is 4.42 Å². The van der Waals surface area contributed by atoms with E-state index in [-0.39, 0.29) is 0 Å². The molecule has 0 amide bonds. The average molecular weight is 265 g/mol. The van der Waals surface area contributed by atoms with Crippen molar-refractivity contribution in [1.82, 2.24) is 19.6 Å². The van der Waals surface area contributed by atoms with Crippen LogP contribution in [0.2, 0.25) is 0 Å². The van der Waals surface area contributed by atoms with Gasteiger partial charge >= 0.3 is 0 Å². The van der Waals surface area contributed by atoms with Gasteiger partial charge in [-0.15, -0.1) is 5.10 Å². The summed E-state index contributed by atoms with van der Waals surface area (Å²) in [6.07, 6.45) is 4.90. The van der Waals surface area contributed by atoms with Crippen LogP contribution < -0.4 is 0 Å². The topological polar surface area (TPSA) is 56.2 Å². The van der Waals surface area contributed by atoms with Gasteiger partial charge in [-0.1, -0.05) is 0 Å². The van der Waals surface area contributed by atoms with Crippen molar-refractivity contribution in [2.24, 2.45) is 0 Å². The first-order valence-electron chi connectivity index (χ1n) is 4.24. The van der Waals surface area contributed by atoms with Crippen molar-refractivity contribution in [1.29, 1.82) is 0 Å². The van der Waals surface area contributed by atoms with Crippen molar-refractivity contribution in [3.05, 3.63) is 35.7 Å². The lowest BCUT2D eigenvalue weighted by molar-refractivity contribution is 0.571. The quantitative estimate of drug-likeness (QED) is 0.676. The molecule has 0 spiro atoms. The minimum absolute atomic E-state index is 0.567. The maximum absolute atomic E-state index is 5.19. The number of pyridine rings is 1. The molecule has 3 aromatic heterocycles. The molecule has 0 aliphatic rings. The molecule has 0 aromatic carbocycles. The normalized spacial score (nSPS) is 11.0. The molecule has 0 N–H and O–H groups in total. The standard InChI is InChI=1S/C9H5BrN4O/c10-9-12-8-2-1-6(4-14(8)13-9)7-3-11-5-15-7/h1-5H. The second-order valence-corrected chi connectivity index (χ2v) is 3.68. The summed E-state index contributed by atoms with van der Waals surface area (Å²) in [4.78, 5) is 8.02. The summed E-state index contributed by atoms with van der Waals surface area (Å²) < 4.78 is 7.44. The summed E-state index contributed by atoms with van der Waals surface area (Å²) in [6, 6.07) is 3.78. The van der Waals surface area contributed by atoms with E-state index >= 15 is 0 Å². The molecule has 3 aromatic rings. The van der Waals surface area contributed by atoms with Crippen LogP contribution in [0.3, 0.4) is 0 Å². The van der Waals surface area contributed by atoms with Crippen LogP contribution in [0, 0.1) is 0 Å². The Morgan fingerprint density at radius 2 is 2.27 bits per heavy atom. The van der Waals surface area contributed by atoms with Gasteiger partial charge in [-0.25, -0.2) is 14.5 Å². The zero-order valence-corrected chi connectivity index (χ0v) is 9.05. The second kappa shape index (κ2) is 3.16. The van der Waals surface area contributed by atoms with E-state index in [1.807, 2.05) is 18.3 Å². The number of hydrogen-bond acceptors (Lipinski definition) is 4. The summed E-state index contributed by atoms with van der Waals surface area (Å²) >= 11 is 3.22. The average Bonchev–Trinajstić information content (AvgIpc) is 2.82. The van der Waals surface area contributed by atoms with Gasteiger partial charge in [-0.05, 0) is 28.1 Å². The molecule has 0 atom stereocenters. The molecule has 0 saturated heterocycles. The van der Waals surface area contributed by atoms with Crippen LogP contribution in [0.4, 0.5) is 0 Å². The van der Waals surface area contributed by atoms with Crippen molar-refractivity contribution in [2.45, 2.75) is 0 Å². The van der Waals surface area contributed by atoms with Crippen molar-refractivity contribution >= 4 is 21.6 Å². The lowest BCUT2D eigenvalue weighted by atomic mass is 10.2. The third-order valence-electron chi connectivity index (χ3n) is 2.02. The van der Waals surface area contributed by atoms with Crippen LogP contribution in [0.5, 0.6) is 0 Å². The van der Waals surface area contributed by atoms with Gasteiger partial charge < -0.3 is 4.42 Å². The highest BCUT2D eigenvalue weighted by Crippen LogP contribution is 2.19. The van der Waals surface area contributed by atoms with Gasteiger partial charge in [0.05, 0.1) is 6.20 Å². The molecule has 3 rings (SSSR count). The van der Waals surface area contributed by atoms with E-state index in [0.717, 1.165) is 11.2 Å². The summed E-state index contributed by atoms with van der Waals surface area (Å²) in [5.74, 6) is 0.712. The molecule has 0 saturated carbocycles. The van der Waals surface area contributed by atoms with E-state index in [2.05, 4.69) is 31.0 Å². The highest BCUT2D eigenvalue weighted by molar-refractivity contribution is 9.10. The van der Waals surface area contributed by atoms with E-state index in [9.17, 15) is 0 Å². The highest BCUT2D eigenvalue weighted by Gasteiger charge is 2.05. The maximum Gasteiger partial charge on any atom is 0.218 e. The monoisotopic (exact) mass is 264 g/mol. The fourth-order valence-corrected chi connectivity index (χ4v) is 1.71. The van der Waals surface area contributed by atoms with Crippen LogP contribution >= 0.6 is 15.9 Å².